The van der Waals surface area contributed by atoms with E-state index in [1.807, 2.05) is 17.5 Å². The number of hydrogen-bond acceptors (Lipinski definition) is 9. The van der Waals surface area contributed by atoms with Crippen molar-refractivity contribution in [1.82, 2.24) is 19.9 Å². The predicted octanol–water partition coefficient (Wildman–Crippen LogP) is 4.59. The molecular weight excluding hydrogens is 546 g/mol. The lowest BCUT2D eigenvalue weighted by Gasteiger charge is -2.12. The van der Waals surface area contributed by atoms with Gasteiger partial charge in [-0.1, -0.05) is 47.6 Å². The molecule has 0 saturated heterocycles. The summed E-state index contributed by atoms with van der Waals surface area (Å²) >= 11 is 8.77. The fraction of sp³-hybridized carbons (Fsp3) is 0.115. The zero-order valence-corrected chi connectivity index (χ0v) is 21.9. The van der Waals surface area contributed by atoms with Gasteiger partial charge in [0.15, 0.2) is 0 Å². The minimum absolute atomic E-state index is 0.0796. The third-order valence-electron chi connectivity index (χ3n) is 5.46. The number of aliphatic hydroxyl groups is 1. The number of nitrogens with zero attached hydrogens (tertiary/aromatic N) is 3. The van der Waals surface area contributed by atoms with Gasteiger partial charge in [-0.2, -0.15) is 5.26 Å². The van der Waals surface area contributed by atoms with Crippen LogP contribution < -0.4 is 16.0 Å². The van der Waals surface area contributed by atoms with Gasteiger partial charge in [0.2, 0.25) is 0 Å². The van der Waals surface area contributed by atoms with Gasteiger partial charge in [0, 0.05) is 27.3 Å². The molecule has 0 saturated carbocycles. The van der Waals surface area contributed by atoms with Crippen molar-refractivity contribution in [3.63, 3.8) is 0 Å². The number of thiazole rings is 1. The molecule has 3 N–H and O–H groups in total. The normalized spacial score (nSPS) is 11.0. The Hall–Kier alpha value is -3.95. The third kappa shape index (κ3) is 5.34. The van der Waals surface area contributed by atoms with Gasteiger partial charge in [0.05, 0.1) is 23.3 Å². The van der Waals surface area contributed by atoms with Gasteiger partial charge in [0.25, 0.3) is 5.56 Å². The van der Waals surface area contributed by atoms with Gasteiger partial charge in [0.1, 0.15) is 34.1 Å². The molecule has 190 valence electrons. The number of rotatable bonds is 8. The first kappa shape index (κ1) is 25.7. The van der Waals surface area contributed by atoms with Crippen LogP contribution in [0.3, 0.4) is 0 Å². The molecule has 0 fully saturated rings. The van der Waals surface area contributed by atoms with Crippen LogP contribution in [0.4, 0.5) is 0 Å². The number of nitriles is 1. The largest absolute Gasteiger partial charge is 0.491 e. The van der Waals surface area contributed by atoms with Crippen molar-refractivity contribution in [2.24, 2.45) is 0 Å². The number of H-pyrrole nitrogens is 2. The topological polar surface area (TPSA) is 145 Å². The molecule has 0 aliphatic rings. The minimum Gasteiger partial charge on any atom is -0.491 e. The zero-order valence-electron chi connectivity index (χ0n) is 19.5. The molecule has 2 aromatic carbocycles. The second-order valence-corrected chi connectivity index (χ2v) is 10.2. The van der Waals surface area contributed by atoms with Crippen molar-refractivity contribution in [3.8, 4) is 33.5 Å². The second kappa shape index (κ2) is 11.2. The summed E-state index contributed by atoms with van der Waals surface area (Å²) in [6.45, 7) is 0.0118. The number of ether oxygens (including phenoxy) is 1. The fourth-order valence-corrected chi connectivity index (χ4v) is 5.74. The van der Waals surface area contributed by atoms with E-state index >= 15 is 0 Å². The first-order valence-electron chi connectivity index (χ1n) is 11.2. The van der Waals surface area contributed by atoms with Crippen LogP contribution in [-0.2, 0) is 5.75 Å². The Labute approximate surface area is 228 Å². The lowest BCUT2D eigenvalue weighted by Crippen LogP contribution is -2.23. The van der Waals surface area contributed by atoms with Crippen molar-refractivity contribution < 1.29 is 9.84 Å². The van der Waals surface area contributed by atoms with Gasteiger partial charge in [-0.3, -0.25) is 14.8 Å². The quantitative estimate of drug-likeness (QED) is 0.232. The molecule has 0 aliphatic heterocycles. The summed E-state index contributed by atoms with van der Waals surface area (Å²) in [4.78, 5) is 38.8. The molecule has 0 radical (unpaired) electrons. The molecule has 9 nitrogen and oxygen atoms in total. The Kier molecular flexibility index (Phi) is 7.57. The van der Waals surface area contributed by atoms with Crippen LogP contribution in [0.25, 0.3) is 32.7 Å². The zero-order chi connectivity index (χ0) is 26.6. The minimum atomic E-state index is -0.693. The number of aromatic amines is 2. The monoisotopic (exact) mass is 563 g/mol. The van der Waals surface area contributed by atoms with Crippen molar-refractivity contribution >= 4 is 45.7 Å². The highest BCUT2D eigenvalue weighted by Crippen LogP contribution is 2.36. The fourth-order valence-electron chi connectivity index (χ4n) is 3.80. The number of hydrogen-bond donors (Lipinski definition) is 3. The highest BCUT2D eigenvalue weighted by atomic mass is 35.5. The number of aliphatic hydroxyl groups excluding tert-OH is 1. The van der Waals surface area contributed by atoms with Crippen LogP contribution in [0.2, 0.25) is 5.02 Å². The van der Waals surface area contributed by atoms with Gasteiger partial charge >= 0.3 is 5.69 Å². The molecule has 0 unspecified atom stereocenters. The molecule has 3 aromatic heterocycles. The first-order chi connectivity index (χ1) is 18.5. The Morgan fingerprint density at radius 3 is 2.50 bits per heavy atom. The molecule has 0 aliphatic carbocycles. The maximum atomic E-state index is 12.8. The number of nitrogens with one attached hydrogen (secondary N) is 2. The Balaban J connectivity index is 1.54. The van der Waals surface area contributed by atoms with E-state index in [0.717, 1.165) is 16.3 Å². The summed E-state index contributed by atoms with van der Waals surface area (Å²) in [6, 6.07) is 16.4. The van der Waals surface area contributed by atoms with Gasteiger partial charge in [-0.15, -0.1) is 11.3 Å². The summed E-state index contributed by atoms with van der Waals surface area (Å²) < 4.78 is 5.42. The summed E-state index contributed by atoms with van der Waals surface area (Å²) in [5.74, 6) is 0.939. The van der Waals surface area contributed by atoms with Gasteiger partial charge in [-0.05, 0) is 29.8 Å². The molecule has 5 aromatic rings. The smallest absolute Gasteiger partial charge is 0.327 e. The summed E-state index contributed by atoms with van der Waals surface area (Å²) in [5, 5.41) is 23.0. The Morgan fingerprint density at radius 1 is 1.05 bits per heavy atom. The van der Waals surface area contributed by atoms with E-state index in [2.05, 4.69) is 26.0 Å². The SMILES string of the molecule is N#Cc1c(SCc2csc(-c3ccc(Cl)cc3)n2)nc2[nH]c(=O)[nH]c(=O)c2c1-c1ccc(OCCO)cc1. The van der Waals surface area contributed by atoms with E-state index in [4.69, 9.17) is 21.4 Å². The standard InChI is InChI=1S/C26H18ClN5O4S2/c27-16-5-1-15(2-6-16)24-29-17(12-37-24)13-38-25-19(11-28)20(14-3-7-18(8-4-14)36-10-9-33)21-22(30-25)31-26(35)32-23(21)34/h1-8,12,33H,9-10,13H2,(H2,30,31,32,34,35). The van der Waals surface area contributed by atoms with Crippen LogP contribution in [0.5, 0.6) is 5.75 Å². The van der Waals surface area contributed by atoms with E-state index < -0.39 is 11.2 Å². The van der Waals surface area contributed by atoms with E-state index in [1.165, 1.54) is 23.1 Å². The molecule has 38 heavy (non-hydrogen) atoms. The number of fused-ring (bicyclic) bond motifs is 1. The Morgan fingerprint density at radius 2 is 1.79 bits per heavy atom. The maximum absolute atomic E-state index is 12.8. The third-order valence-corrected chi connectivity index (χ3v) is 7.67. The molecule has 0 atom stereocenters. The summed E-state index contributed by atoms with van der Waals surface area (Å²) in [7, 11) is 0. The van der Waals surface area contributed by atoms with E-state index in [-0.39, 0.29) is 29.8 Å². The number of aromatic nitrogens is 4. The van der Waals surface area contributed by atoms with Crippen molar-refractivity contribution in [1.29, 1.82) is 5.26 Å². The van der Waals surface area contributed by atoms with E-state index in [1.54, 1.807) is 36.4 Å². The van der Waals surface area contributed by atoms with Crippen molar-refractivity contribution in [2.45, 2.75) is 10.8 Å². The number of thioether (sulfide) groups is 1. The number of pyridine rings is 1. The van der Waals surface area contributed by atoms with Crippen LogP contribution >= 0.6 is 34.7 Å². The van der Waals surface area contributed by atoms with Crippen LogP contribution in [0.1, 0.15) is 11.3 Å². The number of benzene rings is 2. The highest BCUT2D eigenvalue weighted by Gasteiger charge is 2.21. The molecule has 0 amide bonds. The van der Waals surface area contributed by atoms with Crippen molar-refractivity contribution in [3.05, 3.63) is 91.0 Å². The average molecular weight is 564 g/mol. The predicted molar refractivity (Wildman–Crippen MR) is 148 cm³/mol. The molecular formula is C26H18ClN5O4S2. The van der Waals surface area contributed by atoms with Crippen LogP contribution in [-0.4, -0.2) is 38.3 Å². The lowest BCUT2D eigenvalue weighted by molar-refractivity contribution is 0.201. The van der Waals surface area contributed by atoms with E-state index in [9.17, 15) is 14.9 Å². The molecule has 3 heterocycles. The van der Waals surface area contributed by atoms with Crippen LogP contribution in [0.15, 0.2) is 68.5 Å². The Bertz CT molecular complexity index is 1770. The second-order valence-electron chi connectivity index (χ2n) is 7.95. The maximum Gasteiger partial charge on any atom is 0.327 e. The van der Waals surface area contributed by atoms with Crippen LogP contribution in [0, 0.1) is 11.3 Å². The highest BCUT2D eigenvalue weighted by molar-refractivity contribution is 7.98. The van der Waals surface area contributed by atoms with Gasteiger partial charge in [-0.25, -0.2) is 14.8 Å². The molecule has 0 spiro atoms. The molecule has 0 bridgehead atoms. The first-order valence-corrected chi connectivity index (χ1v) is 13.5. The van der Waals surface area contributed by atoms with E-state index in [0.29, 0.717) is 32.7 Å². The lowest BCUT2D eigenvalue weighted by atomic mass is 9.98. The number of halogens is 1. The summed E-state index contributed by atoms with van der Waals surface area (Å²) in [5.41, 5.74) is 1.61. The average Bonchev–Trinajstić information content (AvgIpc) is 3.39. The summed E-state index contributed by atoms with van der Waals surface area (Å²) in [6.07, 6.45) is 0. The molecule has 5 rings (SSSR count). The van der Waals surface area contributed by atoms with Crippen molar-refractivity contribution in [2.75, 3.05) is 13.2 Å². The molecule has 12 heteroatoms. The van der Waals surface area contributed by atoms with Gasteiger partial charge < -0.3 is 9.84 Å².